The summed E-state index contributed by atoms with van der Waals surface area (Å²) in [7, 11) is 1.61. The van der Waals surface area contributed by atoms with E-state index in [0.717, 1.165) is 46.4 Å². The molecule has 0 aliphatic carbocycles. The lowest BCUT2D eigenvalue weighted by molar-refractivity contribution is -0.117. The summed E-state index contributed by atoms with van der Waals surface area (Å²) in [5.41, 5.74) is 5.02. The number of amides is 1. The van der Waals surface area contributed by atoms with Crippen molar-refractivity contribution in [3.8, 4) is 5.75 Å². The fourth-order valence-corrected chi connectivity index (χ4v) is 4.21. The summed E-state index contributed by atoms with van der Waals surface area (Å²) in [6, 6.07) is 12.0. The molecule has 160 valence electrons. The molecule has 1 N–H and O–H groups in total. The monoisotopic (exact) mass is 427 g/mol. The third kappa shape index (κ3) is 4.96. The number of rotatable bonds is 10. The first-order valence-corrected chi connectivity index (χ1v) is 11.2. The number of anilines is 1. The lowest BCUT2D eigenvalue weighted by atomic mass is 10.0. The standard InChI is InChI=1S/C23H29N3O3S/c1-5-16-9-8-10-17(6-2)22(16)26(15-28-4)21(27)14-30-23-24-19-12-11-18(29-7-3)13-20(19)25-23/h8-13H,5-7,14-15H2,1-4H3,(H,24,25). The predicted molar refractivity (Wildman–Crippen MR) is 123 cm³/mol. The van der Waals surface area contributed by atoms with Crippen molar-refractivity contribution in [2.45, 2.75) is 38.8 Å². The molecule has 0 spiro atoms. The van der Waals surface area contributed by atoms with Gasteiger partial charge >= 0.3 is 0 Å². The topological polar surface area (TPSA) is 67.4 Å². The van der Waals surface area contributed by atoms with Crippen LogP contribution in [0.3, 0.4) is 0 Å². The molecule has 1 aromatic heterocycles. The lowest BCUT2D eigenvalue weighted by Crippen LogP contribution is -2.35. The average Bonchev–Trinajstić information content (AvgIpc) is 3.17. The highest BCUT2D eigenvalue weighted by molar-refractivity contribution is 7.99. The minimum absolute atomic E-state index is 0.00656. The van der Waals surface area contributed by atoms with E-state index < -0.39 is 0 Å². The van der Waals surface area contributed by atoms with Gasteiger partial charge in [0.15, 0.2) is 5.16 Å². The molecular weight excluding hydrogens is 398 g/mol. The molecule has 1 amide bonds. The maximum atomic E-state index is 13.2. The van der Waals surface area contributed by atoms with Gasteiger partial charge in [0.2, 0.25) is 5.91 Å². The number of carbonyl (C=O) groups excluding carboxylic acids is 1. The van der Waals surface area contributed by atoms with E-state index in [-0.39, 0.29) is 18.4 Å². The zero-order chi connectivity index (χ0) is 21.5. The first kappa shape index (κ1) is 22.2. The van der Waals surface area contributed by atoms with Crippen LogP contribution in [0.15, 0.2) is 41.6 Å². The number of imidazole rings is 1. The number of thioether (sulfide) groups is 1. The lowest BCUT2D eigenvalue weighted by Gasteiger charge is -2.26. The number of nitrogens with one attached hydrogen (secondary N) is 1. The summed E-state index contributed by atoms with van der Waals surface area (Å²) in [6.45, 7) is 7.00. The maximum absolute atomic E-state index is 13.2. The molecule has 0 bridgehead atoms. The van der Waals surface area contributed by atoms with E-state index in [9.17, 15) is 4.79 Å². The second-order valence-electron chi connectivity index (χ2n) is 6.81. The van der Waals surface area contributed by atoms with Crippen LogP contribution in [0.1, 0.15) is 31.9 Å². The van der Waals surface area contributed by atoms with Gasteiger partial charge in [-0.15, -0.1) is 0 Å². The Morgan fingerprint density at radius 2 is 1.87 bits per heavy atom. The number of aromatic amines is 1. The van der Waals surface area contributed by atoms with Crippen LogP contribution in [0.4, 0.5) is 5.69 Å². The van der Waals surface area contributed by atoms with Crippen LogP contribution in [0.25, 0.3) is 11.0 Å². The summed E-state index contributed by atoms with van der Waals surface area (Å²) in [5.74, 6) is 1.06. The van der Waals surface area contributed by atoms with Crippen molar-refractivity contribution < 1.29 is 14.3 Å². The van der Waals surface area contributed by atoms with E-state index in [1.807, 2.05) is 25.1 Å². The Balaban J connectivity index is 1.79. The minimum Gasteiger partial charge on any atom is -0.494 e. The molecule has 0 saturated heterocycles. The molecular formula is C23H29N3O3S. The van der Waals surface area contributed by atoms with Gasteiger partial charge in [0.05, 0.1) is 29.1 Å². The van der Waals surface area contributed by atoms with E-state index in [1.54, 1.807) is 12.0 Å². The SMILES string of the molecule is CCOc1ccc2nc(SCC(=O)N(COC)c3c(CC)cccc3CC)[nH]c2c1. The second kappa shape index (κ2) is 10.5. The molecule has 0 radical (unpaired) electrons. The third-order valence-electron chi connectivity index (χ3n) is 4.87. The Morgan fingerprint density at radius 3 is 2.50 bits per heavy atom. The van der Waals surface area contributed by atoms with E-state index in [4.69, 9.17) is 9.47 Å². The van der Waals surface area contributed by atoms with Crippen LogP contribution >= 0.6 is 11.8 Å². The van der Waals surface area contributed by atoms with Crippen LogP contribution in [-0.2, 0) is 22.4 Å². The van der Waals surface area contributed by atoms with Crippen LogP contribution in [-0.4, -0.2) is 42.1 Å². The zero-order valence-electron chi connectivity index (χ0n) is 18.0. The Bertz CT molecular complexity index is 980. The second-order valence-corrected chi connectivity index (χ2v) is 7.78. The number of hydrogen-bond acceptors (Lipinski definition) is 5. The van der Waals surface area contributed by atoms with Crippen LogP contribution in [0, 0.1) is 0 Å². The number of fused-ring (bicyclic) bond motifs is 1. The first-order valence-electron chi connectivity index (χ1n) is 10.3. The number of H-pyrrole nitrogens is 1. The molecule has 7 heteroatoms. The number of nitrogens with zero attached hydrogens (tertiary/aromatic N) is 2. The summed E-state index contributed by atoms with van der Waals surface area (Å²) in [6.07, 6.45) is 1.71. The smallest absolute Gasteiger partial charge is 0.239 e. The number of hydrogen-bond donors (Lipinski definition) is 1. The summed E-state index contributed by atoms with van der Waals surface area (Å²) in [4.78, 5) is 22.8. The number of para-hydroxylation sites is 1. The number of methoxy groups -OCH3 is 1. The highest BCUT2D eigenvalue weighted by atomic mass is 32.2. The summed E-state index contributed by atoms with van der Waals surface area (Å²) < 4.78 is 10.9. The first-order chi connectivity index (χ1) is 14.6. The predicted octanol–water partition coefficient (Wildman–Crippen LogP) is 4.82. The number of ether oxygens (including phenoxy) is 2. The van der Waals surface area contributed by atoms with Gasteiger partial charge in [-0.05, 0) is 43.0 Å². The molecule has 0 saturated carbocycles. The highest BCUT2D eigenvalue weighted by Crippen LogP contribution is 2.29. The van der Waals surface area contributed by atoms with E-state index >= 15 is 0 Å². The Morgan fingerprint density at radius 1 is 1.13 bits per heavy atom. The number of benzene rings is 2. The molecule has 0 aliphatic rings. The minimum atomic E-state index is -0.00656. The molecule has 0 unspecified atom stereocenters. The van der Waals surface area contributed by atoms with Crippen LogP contribution in [0.5, 0.6) is 5.75 Å². The van der Waals surface area contributed by atoms with Gasteiger partial charge in [0.1, 0.15) is 12.5 Å². The molecule has 3 aromatic rings. The maximum Gasteiger partial charge on any atom is 0.239 e. The largest absolute Gasteiger partial charge is 0.494 e. The summed E-state index contributed by atoms with van der Waals surface area (Å²) in [5, 5.41) is 0.712. The van der Waals surface area contributed by atoms with Gasteiger partial charge in [-0.1, -0.05) is 43.8 Å². The van der Waals surface area contributed by atoms with Crippen LogP contribution < -0.4 is 9.64 Å². The number of carbonyl (C=O) groups is 1. The normalized spacial score (nSPS) is 11.1. The molecule has 0 atom stereocenters. The van der Waals surface area contributed by atoms with Crippen molar-refractivity contribution in [3.05, 3.63) is 47.5 Å². The van der Waals surface area contributed by atoms with Crippen molar-refractivity contribution in [2.24, 2.45) is 0 Å². The van der Waals surface area contributed by atoms with Gasteiger partial charge in [0, 0.05) is 13.2 Å². The molecule has 3 rings (SSSR count). The Kier molecular flexibility index (Phi) is 7.76. The molecule has 2 aromatic carbocycles. The van der Waals surface area contributed by atoms with E-state index in [0.29, 0.717) is 11.8 Å². The fraction of sp³-hybridized carbons (Fsp3) is 0.391. The van der Waals surface area contributed by atoms with Crippen molar-refractivity contribution in [1.82, 2.24) is 9.97 Å². The average molecular weight is 428 g/mol. The summed E-state index contributed by atoms with van der Waals surface area (Å²) >= 11 is 1.40. The number of aryl methyl sites for hydroxylation is 2. The Hall–Kier alpha value is -2.51. The molecule has 0 aliphatic heterocycles. The van der Waals surface area contributed by atoms with Crippen molar-refractivity contribution in [2.75, 3.05) is 31.1 Å². The molecule has 0 fully saturated rings. The zero-order valence-corrected chi connectivity index (χ0v) is 18.8. The third-order valence-corrected chi connectivity index (χ3v) is 5.73. The van der Waals surface area contributed by atoms with E-state index in [2.05, 4.69) is 42.0 Å². The highest BCUT2D eigenvalue weighted by Gasteiger charge is 2.21. The molecule has 6 nitrogen and oxygen atoms in total. The van der Waals surface area contributed by atoms with Crippen molar-refractivity contribution >= 4 is 34.4 Å². The van der Waals surface area contributed by atoms with Gasteiger partial charge in [0.25, 0.3) is 0 Å². The van der Waals surface area contributed by atoms with Crippen molar-refractivity contribution in [3.63, 3.8) is 0 Å². The van der Waals surface area contributed by atoms with Crippen LogP contribution in [0.2, 0.25) is 0 Å². The number of aromatic nitrogens is 2. The fourth-order valence-electron chi connectivity index (χ4n) is 3.45. The van der Waals surface area contributed by atoms with Gasteiger partial charge in [-0.3, -0.25) is 9.69 Å². The van der Waals surface area contributed by atoms with Gasteiger partial charge < -0.3 is 14.5 Å². The quantitative estimate of drug-likeness (QED) is 0.371. The van der Waals surface area contributed by atoms with Crippen molar-refractivity contribution in [1.29, 1.82) is 0 Å². The Labute approximate surface area is 182 Å². The molecule has 1 heterocycles. The molecule has 30 heavy (non-hydrogen) atoms. The van der Waals surface area contributed by atoms with Gasteiger partial charge in [-0.2, -0.15) is 0 Å². The van der Waals surface area contributed by atoms with E-state index in [1.165, 1.54) is 11.8 Å². The van der Waals surface area contributed by atoms with Gasteiger partial charge in [-0.25, -0.2) is 4.98 Å².